The van der Waals surface area contributed by atoms with Crippen LogP contribution in [0.15, 0.2) is 0 Å². The molecule has 0 saturated carbocycles. The van der Waals surface area contributed by atoms with Crippen LogP contribution in [0.5, 0.6) is 0 Å². The quantitative estimate of drug-likeness (QED) is 0.575. The molecule has 0 aromatic rings. The van der Waals surface area contributed by atoms with Gasteiger partial charge in [0.2, 0.25) is 0 Å². The van der Waals surface area contributed by atoms with Gasteiger partial charge in [-0.05, 0) is 24.6 Å². The van der Waals surface area contributed by atoms with Crippen LogP contribution in [0.2, 0.25) is 18.1 Å². The SMILES string of the molecule is CC(=O)ON1CC(CCO[Si](C)(C)C(C)(C)C)C1=O. The van der Waals surface area contributed by atoms with E-state index in [-0.39, 0.29) is 16.9 Å². The maximum Gasteiger partial charge on any atom is 0.329 e. The molecule has 1 heterocycles. The first-order valence-corrected chi connectivity index (χ1v) is 9.59. The molecule has 0 aromatic carbocycles. The Labute approximate surface area is 116 Å². The highest BCUT2D eigenvalue weighted by Gasteiger charge is 2.41. The van der Waals surface area contributed by atoms with E-state index in [2.05, 4.69) is 33.9 Å². The third kappa shape index (κ3) is 4.04. The molecule has 1 atom stereocenters. The second-order valence-electron chi connectivity index (χ2n) is 6.58. The van der Waals surface area contributed by atoms with Crippen LogP contribution in [-0.4, -0.2) is 38.4 Å². The molecule has 0 spiro atoms. The highest BCUT2D eigenvalue weighted by atomic mass is 28.4. The predicted octanol–water partition coefficient (Wildman–Crippen LogP) is 2.33. The van der Waals surface area contributed by atoms with Gasteiger partial charge >= 0.3 is 5.97 Å². The summed E-state index contributed by atoms with van der Waals surface area (Å²) in [4.78, 5) is 27.1. The summed E-state index contributed by atoms with van der Waals surface area (Å²) in [5, 5.41) is 1.31. The zero-order chi connectivity index (χ0) is 14.8. The lowest BCUT2D eigenvalue weighted by molar-refractivity contribution is -0.220. The van der Waals surface area contributed by atoms with E-state index >= 15 is 0 Å². The fourth-order valence-electron chi connectivity index (χ4n) is 1.58. The van der Waals surface area contributed by atoms with Crippen molar-refractivity contribution in [3.8, 4) is 0 Å². The van der Waals surface area contributed by atoms with Gasteiger partial charge in [0.05, 0.1) is 12.5 Å². The highest BCUT2D eigenvalue weighted by Crippen LogP contribution is 2.36. The van der Waals surface area contributed by atoms with Crippen LogP contribution in [0, 0.1) is 5.92 Å². The molecule has 1 rings (SSSR count). The summed E-state index contributed by atoms with van der Waals surface area (Å²) in [5.74, 6) is -0.637. The molecule has 110 valence electrons. The molecular weight excluding hydrogens is 262 g/mol. The molecule has 1 saturated heterocycles. The number of hydrogen-bond donors (Lipinski definition) is 0. The first kappa shape index (κ1) is 16.2. The van der Waals surface area contributed by atoms with Gasteiger partial charge in [-0.2, -0.15) is 5.06 Å². The molecule has 0 bridgehead atoms. The van der Waals surface area contributed by atoms with Crippen molar-refractivity contribution < 1.29 is 18.9 Å². The largest absolute Gasteiger partial charge is 0.417 e. The molecular formula is C13H25NO4Si. The van der Waals surface area contributed by atoms with Gasteiger partial charge in [-0.15, -0.1) is 0 Å². The number of carbonyl (C=O) groups excluding carboxylic acids is 2. The minimum absolute atomic E-state index is 0.0656. The van der Waals surface area contributed by atoms with Gasteiger partial charge in [-0.25, -0.2) is 0 Å². The molecule has 1 fully saturated rings. The molecule has 19 heavy (non-hydrogen) atoms. The third-order valence-electron chi connectivity index (χ3n) is 3.96. The Kier molecular flexibility index (Phi) is 4.79. The van der Waals surface area contributed by atoms with Crippen molar-refractivity contribution in [1.29, 1.82) is 0 Å². The fourth-order valence-corrected chi connectivity index (χ4v) is 2.65. The monoisotopic (exact) mass is 287 g/mol. The van der Waals surface area contributed by atoms with E-state index in [1.165, 1.54) is 6.92 Å². The van der Waals surface area contributed by atoms with E-state index in [0.29, 0.717) is 19.6 Å². The summed E-state index contributed by atoms with van der Waals surface area (Å²) < 4.78 is 6.03. The van der Waals surface area contributed by atoms with Crippen LogP contribution in [-0.2, 0) is 18.9 Å². The zero-order valence-electron chi connectivity index (χ0n) is 12.8. The van der Waals surface area contributed by atoms with Crippen LogP contribution < -0.4 is 0 Å². The van der Waals surface area contributed by atoms with Gasteiger partial charge < -0.3 is 9.26 Å². The minimum Gasteiger partial charge on any atom is -0.417 e. The molecule has 1 unspecified atom stereocenters. The molecule has 0 N–H and O–H groups in total. The topological polar surface area (TPSA) is 55.8 Å². The normalized spacial score (nSPS) is 20.2. The molecule has 1 aliphatic heterocycles. The summed E-state index contributed by atoms with van der Waals surface area (Å²) >= 11 is 0. The van der Waals surface area contributed by atoms with Crippen molar-refractivity contribution in [2.45, 2.75) is 52.2 Å². The average Bonchev–Trinajstić information content (AvgIpc) is 2.24. The van der Waals surface area contributed by atoms with Crippen LogP contribution >= 0.6 is 0 Å². The Morgan fingerprint density at radius 1 is 1.42 bits per heavy atom. The molecule has 1 amide bonds. The summed E-state index contributed by atoms with van der Waals surface area (Å²) in [5.41, 5.74) is 0. The van der Waals surface area contributed by atoms with Gasteiger partial charge in [0, 0.05) is 13.5 Å². The molecule has 5 nitrogen and oxygen atoms in total. The second kappa shape index (κ2) is 5.62. The van der Waals surface area contributed by atoms with Gasteiger partial charge in [-0.1, -0.05) is 20.8 Å². The number of nitrogens with zero attached hydrogens (tertiary/aromatic N) is 1. The first-order valence-electron chi connectivity index (χ1n) is 6.68. The lowest BCUT2D eigenvalue weighted by Gasteiger charge is -2.38. The van der Waals surface area contributed by atoms with E-state index < -0.39 is 14.3 Å². The Bertz CT molecular complexity index is 362. The van der Waals surface area contributed by atoms with E-state index in [9.17, 15) is 9.59 Å². The van der Waals surface area contributed by atoms with E-state index in [0.717, 1.165) is 5.06 Å². The fraction of sp³-hybridized carbons (Fsp3) is 0.846. The summed E-state index contributed by atoms with van der Waals surface area (Å²) in [6, 6.07) is 0. The van der Waals surface area contributed by atoms with Crippen molar-refractivity contribution in [1.82, 2.24) is 5.06 Å². The number of β-lactam (4-membered cyclic amide) rings is 1. The van der Waals surface area contributed by atoms with Gasteiger partial charge in [0.15, 0.2) is 8.32 Å². The summed E-state index contributed by atoms with van der Waals surface area (Å²) in [7, 11) is -1.74. The lowest BCUT2D eigenvalue weighted by Crippen LogP contribution is -2.53. The standard InChI is InChI=1S/C13H25NO4Si/c1-10(15)18-14-9-11(12(14)16)7-8-17-19(5,6)13(2,3)4/h11H,7-9H2,1-6H3. The maximum absolute atomic E-state index is 11.7. The summed E-state index contributed by atoms with van der Waals surface area (Å²) in [6.07, 6.45) is 0.698. The van der Waals surface area contributed by atoms with Crippen LogP contribution in [0.1, 0.15) is 34.1 Å². The number of amides is 1. The van der Waals surface area contributed by atoms with E-state index in [1.54, 1.807) is 0 Å². The maximum atomic E-state index is 11.7. The van der Waals surface area contributed by atoms with E-state index in [1.807, 2.05) is 0 Å². The Hall–Kier alpha value is -0.883. The number of carbonyl (C=O) groups is 2. The number of hydrogen-bond acceptors (Lipinski definition) is 4. The lowest BCUT2D eigenvalue weighted by atomic mass is 9.98. The summed E-state index contributed by atoms with van der Waals surface area (Å²) in [6.45, 7) is 13.3. The van der Waals surface area contributed by atoms with Gasteiger partial charge in [0.25, 0.3) is 5.91 Å². The Balaban J connectivity index is 2.30. The number of hydroxylamine groups is 2. The van der Waals surface area contributed by atoms with E-state index in [4.69, 9.17) is 9.26 Å². The van der Waals surface area contributed by atoms with Crippen molar-refractivity contribution >= 4 is 20.2 Å². The smallest absolute Gasteiger partial charge is 0.329 e. The predicted molar refractivity (Wildman–Crippen MR) is 74.7 cm³/mol. The van der Waals surface area contributed by atoms with Gasteiger partial charge in [0.1, 0.15) is 0 Å². The highest BCUT2D eigenvalue weighted by molar-refractivity contribution is 6.74. The van der Waals surface area contributed by atoms with Crippen LogP contribution in [0.3, 0.4) is 0 Å². The second-order valence-corrected chi connectivity index (χ2v) is 11.4. The van der Waals surface area contributed by atoms with Crippen molar-refractivity contribution in [3.05, 3.63) is 0 Å². The van der Waals surface area contributed by atoms with Crippen molar-refractivity contribution in [2.75, 3.05) is 13.2 Å². The average molecular weight is 287 g/mol. The zero-order valence-corrected chi connectivity index (χ0v) is 13.8. The van der Waals surface area contributed by atoms with Crippen molar-refractivity contribution in [2.24, 2.45) is 5.92 Å². The van der Waals surface area contributed by atoms with Gasteiger partial charge in [-0.3, -0.25) is 9.59 Å². The van der Waals surface area contributed by atoms with Crippen LogP contribution in [0.4, 0.5) is 0 Å². The molecule has 1 aliphatic rings. The Morgan fingerprint density at radius 2 is 2.00 bits per heavy atom. The Morgan fingerprint density at radius 3 is 2.42 bits per heavy atom. The van der Waals surface area contributed by atoms with Crippen molar-refractivity contribution in [3.63, 3.8) is 0 Å². The minimum atomic E-state index is -1.74. The number of rotatable bonds is 5. The molecule has 0 radical (unpaired) electrons. The van der Waals surface area contributed by atoms with Crippen LogP contribution in [0.25, 0.3) is 0 Å². The first-order chi connectivity index (χ1) is 8.54. The molecule has 6 heteroatoms. The third-order valence-corrected chi connectivity index (χ3v) is 8.49. The molecule has 0 aliphatic carbocycles. The molecule has 0 aromatic heterocycles.